The third-order valence-corrected chi connectivity index (χ3v) is 3.84. The van der Waals surface area contributed by atoms with Crippen molar-refractivity contribution in [3.05, 3.63) is 86.3 Å². The van der Waals surface area contributed by atoms with Crippen LogP contribution in [0.5, 0.6) is 0 Å². The van der Waals surface area contributed by atoms with Crippen LogP contribution >= 0.6 is 0 Å². The number of nitro groups is 1. The summed E-state index contributed by atoms with van der Waals surface area (Å²) in [4.78, 5) is 41.7. The van der Waals surface area contributed by atoms with Crippen molar-refractivity contribution in [3.8, 4) is 11.4 Å². The normalized spacial score (nSPS) is 10.3. The molecule has 2 aromatic carbocycles. The molecular weight excluding hydrogens is 336 g/mol. The molecule has 0 unspecified atom stereocenters. The maximum atomic E-state index is 12.4. The Hall–Kier alpha value is -3.81. The molecule has 0 radical (unpaired) electrons. The van der Waals surface area contributed by atoms with E-state index in [2.05, 4.69) is 15.3 Å². The quantitative estimate of drug-likeness (QED) is 0.554. The minimum Gasteiger partial charge on any atom is -0.321 e. The molecule has 0 aliphatic carbocycles. The molecule has 0 saturated heterocycles. The summed E-state index contributed by atoms with van der Waals surface area (Å²) in [7, 11) is 0. The van der Waals surface area contributed by atoms with Gasteiger partial charge in [0, 0.05) is 17.8 Å². The van der Waals surface area contributed by atoms with E-state index in [-0.39, 0.29) is 16.9 Å². The number of carbonyl (C=O) groups is 1. The molecule has 0 aliphatic heterocycles. The number of amides is 1. The maximum Gasteiger partial charge on any atom is 0.274 e. The highest BCUT2D eigenvalue weighted by atomic mass is 16.6. The fourth-order valence-corrected chi connectivity index (χ4v) is 2.45. The van der Waals surface area contributed by atoms with Gasteiger partial charge >= 0.3 is 0 Å². The first-order chi connectivity index (χ1) is 12.5. The Balaban J connectivity index is 1.89. The van der Waals surface area contributed by atoms with E-state index in [9.17, 15) is 19.7 Å². The lowest BCUT2D eigenvalue weighted by Crippen LogP contribution is -2.24. The van der Waals surface area contributed by atoms with Gasteiger partial charge in [-0.3, -0.25) is 19.7 Å². The molecule has 0 atom stereocenters. The van der Waals surface area contributed by atoms with Gasteiger partial charge < -0.3 is 10.3 Å². The number of hydrogen-bond acceptors (Lipinski definition) is 5. The summed E-state index contributed by atoms with van der Waals surface area (Å²) in [6.45, 7) is 1.52. The third-order valence-electron chi connectivity index (χ3n) is 3.84. The second-order valence-electron chi connectivity index (χ2n) is 5.50. The topological polar surface area (TPSA) is 118 Å². The predicted molar refractivity (Wildman–Crippen MR) is 96.1 cm³/mol. The number of H-pyrrole nitrogens is 1. The van der Waals surface area contributed by atoms with Crippen LogP contribution in [0, 0.1) is 17.0 Å². The molecule has 0 saturated carbocycles. The summed E-state index contributed by atoms with van der Waals surface area (Å²) in [6.07, 6.45) is 1.18. The molecule has 130 valence electrons. The molecule has 8 heteroatoms. The summed E-state index contributed by atoms with van der Waals surface area (Å²) in [5, 5.41) is 13.5. The lowest BCUT2D eigenvalue weighted by Gasteiger charge is -2.08. The molecule has 0 aliphatic rings. The zero-order valence-electron chi connectivity index (χ0n) is 13.7. The second-order valence-corrected chi connectivity index (χ2v) is 5.50. The number of benzene rings is 2. The van der Waals surface area contributed by atoms with Crippen molar-refractivity contribution in [2.75, 3.05) is 5.32 Å². The van der Waals surface area contributed by atoms with E-state index >= 15 is 0 Å². The summed E-state index contributed by atoms with van der Waals surface area (Å²) in [5.41, 5.74) is 0.377. The summed E-state index contributed by atoms with van der Waals surface area (Å²) < 4.78 is 0. The first kappa shape index (κ1) is 17.0. The highest BCUT2D eigenvalue weighted by Gasteiger charge is 2.17. The van der Waals surface area contributed by atoms with Gasteiger partial charge in [0.25, 0.3) is 17.2 Å². The van der Waals surface area contributed by atoms with E-state index in [0.29, 0.717) is 17.0 Å². The van der Waals surface area contributed by atoms with Crippen molar-refractivity contribution in [1.29, 1.82) is 0 Å². The summed E-state index contributed by atoms with van der Waals surface area (Å²) in [5.74, 6) is -0.347. The van der Waals surface area contributed by atoms with Gasteiger partial charge in [-0.05, 0) is 13.0 Å². The van der Waals surface area contributed by atoms with E-state index < -0.39 is 16.4 Å². The van der Waals surface area contributed by atoms with Crippen LogP contribution < -0.4 is 10.9 Å². The standard InChI is InChI=1S/C18H14N4O4/c1-11-14(8-5-9-15(11)22(25)26)20-17(23)13-10-19-16(21-18(13)24)12-6-3-2-4-7-12/h2-10H,1H3,(H,20,23)(H,19,21,24). The zero-order chi connectivity index (χ0) is 18.7. The minimum absolute atomic E-state index is 0.116. The second kappa shape index (κ2) is 6.98. The van der Waals surface area contributed by atoms with Gasteiger partial charge in [-0.15, -0.1) is 0 Å². The third kappa shape index (κ3) is 3.34. The Morgan fingerprint density at radius 3 is 2.54 bits per heavy atom. The van der Waals surface area contributed by atoms with Crippen LogP contribution in [0.25, 0.3) is 11.4 Å². The highest BCUT2D eigenvalue weighted by Crippen LogP contribution is 2.25. The number of nitrogens with one attached hydrogen (secondary N) is 2. The lowest BCUT2D eigenvalue weighted by molar-refractivity contribution is -0.385. The van der Waals surface area contributed by atoms with Crippen molar-refractivity contribution >= 4 is 17.3 Å². The van der Waals surface area contributed by atoms with Crippen LogP contribution in [0.2, 0.25) is 0 Å². The lowest BCUT2D eigenvalue weighted by atomic mass is 10.1. The average Bonchev–Trinajstić information content (AvgIpc) is 2.63. The Morgan fingerprint density at radius 2 is 1.88 bits per heavy atom. The van der Waals surface area contributed by atoms with Gasteiger partial charge in [0.1, 0.15) is 11.4 Å². The number of nitro benzene ring substituents is 1. The number of hydrogen-bond donors (Lipinski definition) is 2. The molecule has 1 heterocycles. The van der Waals surface area contributed by atoms with Gasteiger partial charge in [-0.25, -0.2) is 4.98 Å². The van der Waals surface area contributed by atoms with Crippen LogP contribution in [0.1, 0.15) is 15.9 Å². The average molecular weight is 350 g/mol. The number of nitrogens with zero attached hydrogens (tertiary/aromatic N) is 2. The molecule has 3 rings (SSSR count). The molecule has 1 aromatic heterocycles. The van der Waals surface area contributed by atoms with E-state index in [0.717, 1.165) is 0 Å². The van der Waals surface area contributed by atoms with Crippen LogP contribution in [0.15, 0.2) is 59.5 Å². The van der Waals surface area contributed by atoms with E-state index in [1.54, 1.807) is 24.3 Å². The smallest absolute Gasteiger partial charge is 0.274 e. The zero-order valence-corrected chi connectivity index (χ0v) is 13.7. The molecule has 2 N–H and O–H groups in total. The molecule has 1 amide bonds. The van der Waals surface area contributed by atoms with Crippen LogP contribution in [0.4, 0.5) is 11.4 Å². The number of carbonyl (C=O) groups excluding carboxylic acids is 1. The highest BCUT2D eigenvalue weighted by molar-refractivity contribution is 6.04. The molecule has 0 fully saturated rings. The number of aromatic amines is 1. The summed E-state index contributed by atoms with van der Waals surface area (Å²) >= 11 is 0. The molecule has 0 spiro atoms. The largest absolute Gasteiger partial charge is 0.321 e. The van der Waals surface area contributed by atoms with Gasteiger partial charge in [-0.1, -0.05) is 36.4 Å². The van der Waals surface area contributed by atoms with Crippen molar-refractivity contribution in [1.82, 2.24) is 9.97 Å². The Labute approximate surface area is 147 Å². The minimum atomic E-state index is -0.693. The van der Waals surface area contributed by atoms with E-state index in [1.807, 2.05) is 6.07 Å². The van der Waals surface area contributed by atoms with Crippen molar-refractivity contribution in [3.63, 3.8) is 0 Å². The maximum absolute atomic E-state index is 12.4. The fraction of sp³-hybridized carbons (Fsp3) is 0.0556. The first-order valence-electron chi connectivity index (χ1n) is 7.67. The molecule has 26 heavy (non-hydrogen) atoms. The Kier molecular flexibility index (Phi) is 4.57. The molecular formula is C18H14N4O4. The van der Waals surface area contributed by atoms with Gasteiger partial charge in [0.05, 0.1) is 16.2 Å². The van der Waals surface area contributed by atoms with Crippen LogP contribution in [-0.2, 0) is 0 Å². The van der Waals surface area contributed by atoms with Gasteiger partial charge in [0.2, 0.25) is 0 Å². The van der Waals surface area contributed by atoms with E-state index in [4.69, 9.17) is 0 Å². The predicted octanol–water partition coefficient (Wildman–Crippen LogP) is 2.91. The number of aromatic nitrogens is 2. The molecule has 0 bridgehead atoms. The Morgan fingerprint density at radius 1 is 1.15 bits per heavy atom. The van der Waals surface area contributed by atoms with Crippen molar-refractivity contribution in [2.24, 2.45) is 0 Å². The van der Waals surface area contributed by atoms with E-state index in [1.165, 1.54) is 31.3 Å². The van der Waals surface area contributed by atoms with Crippen molar-refractivity contribution < 1.29 is 9.72 Å². The van der Waals surface area contributed by atoms with Crippen molar-refractivity contribution in [2.45, 2.75) is 6.92 Å². The van der Waals surface area contributed by atoms with Crippen LogP contribution in [-0.4, -0.2) is 20.8 Å². The fourth-order valence-electron chi connectivity index (χ4n) is 2.45. The van der Waals surface area contributed by atoms with Gasteiger partial charge in [-0.2, -0.15) is 0 Å². The molecule has 8 nitrogen and oxygen atoms in total. The Bertz CT molecular complexity index is 1040. The summed E-state index contributed by atoms with van der Waals surface area (Å²) in [6, 6.07) is 13.3. The van der Waals surface area contributed by atoms with Gasteiger partial charge in [0.15, 0.2) is 0 Å². The monoisotopic (exact) mass is 350 g/mol. The number of rotatable bonds is 4. The SMILES string of the molecule is Cc1c(NC(=O)c2cnc(-c3ccccc3)[nH]c2=O)cccc1[N+](=O)[O-]. The number of anilines is 1. The first-order valence-corrected chi connectivity index (χ1v) is 7.67. The molecule has 3 aromatic rings. The van der Waals surface area contributed by atoms with Crippen LogP contribution in [0.3, 0.4) is 0 Å².